The third-order valence-electron chi connectivity index (χ3n) is 3.51. The average Bonchev–Trinajstić information content (AvgIpc) is 2.67. The third kappa shape index (κ3) is 6.45. The number of rotatable bonds is 11. The van der Waals surface area contributed by atoms with Crippen molar-refractivity contribution in [3.05, 3.63) is 46.7 Å². The van der Waals surface area contributed by atoms with E-state index in [4.69, 9.17) is 30.5 Å². The molecule has 0 N–H and O–H groups in total. The van der Waals surface area contributed by atoms with E-state index in [1.807, 2.05) is 0 Å². The smallest absolute Gasteiger partial charge is 0.189 e. The Morgan fingerprint density at radius 1 is 1.11 bits per heavy atom. The molecule has 0 amide bonds. The lowest BCUT2D eigenvalue weighted by Gasteiger charge is -2.13. The maximum atomic E-state index is 11.6. The van der Waals surface area contributed by atoms with Gasteiger partial charge in [0.2, 0.25) is 0 Å². The van der Waals surface area contributed by atoms with Gasteiger partial charge in [0.1, 0.15) is 18.1 Å². The zero-order valence-electron chi connectivity index (χ0n) is 15.4. The van der Waals surface area contributed by atoms with Gasteiger partial charge in [-0.05, 0) is 12.1 Å². The molecule has 0 spiro atoms. The molecule has 0 radical (unpaired) electrons. The van der Waals surface area contributed by atoms with Gasteiger partial charge in [-0.15, -0.1) is 0 Å². The Morgan fingerprint density at radius 2 is 1.89 bits per heavy atom. The number of sulfone groups is 1. The topological polar surface area (TPSA) is 101 Å². The first-order chi connectivity index (χ1) is 13.3. The van der Waals surface area contributed by atoms with Crippen molar-refractivity contribution in [2.45, 2.75) is 11.5 Å². The van der Waals surface area contributed by atoms with E-state index in [0.29, 0.717) is 25.1 Å². The largest absolute Gasteiger partial charge is 0.488 e. The fourth-order valence-corrected chi connectivity index (χ4v) is 2.94. The Morgan fingerprint density at radius 3 is 2.57 bits per heavy atom. The van der Waals surface area contributed by atoms with Gasteiger partial charge < -0.3 is 18.9 Å². The zero-order chi connectivity index (χ0) is 20.6. The summed E-state index contributed by atoms with van der Waals surface area (Å²) in [5.74, 6) is 0.513. The van der Waals surface area contributed by atoms with Gasteiger partial charge in [-0.25, -0.2) is 8.42 Å². The molecule has 0 aliphatic carbocycles. The van der Waals surface area contributed by atoms with Crippen molar-refractivity contribution in [2.24, 2.45) is 0 Å². The van der Waals surface area contributed by atoms with E-state index in [-0.39, 0.29) is 40.4 Å². The lowest BCUT2D eigenvalue weighted by molar-refractivity contribution is -0.00852. The van der Waals surface area contributed by atoms with Crippen molar-refractivity contribution in [2.75, 3.05) is 33.4 Å². The number of ether oxygens (including phenoxy) is 4. The SMILES string of the molecule is COCCOCOc1cc(OCc2cncc(S(C)(=O)=O)c2)c(C=O)cc1Cl. The Labute approximate surface area is 168 Å². The van der Waals surface area contributed by atoms with Crippen molar-refractivity contribution in [1.29, 1.82) is 0 Å². The highest BCUT2D eigenvalue weighted by Crippen LogP contribution is 2.32. The number of hydrogen-bond donors (Lipinski definition) is 0. The molecule has 152 valence electrons. The van der Waals surface area contributed by atoms with Crippen molar-refractivity contribution in [3.63, 3.8) is 0 Å². The van der Waals surface area contributed by atoms with Crippen LogP contribution in [0.1, 0.15) is 15.9 Å². The number of carbonyl (C=O) groups excluding carboxylic acids is 1. The molecule has 0 atom stereocenters. The summed E-state index contributed by atoms with van der Waals surface area (Å²) < 4.78 is 44.4. The van der Waals surface area contributed by atoms with E-state index in [1.165, 1.54) is 30.6 Å². The van der Waals surface area contributed by atoms with Crippen LogP contribution in [0.4, 0.5) is 0 Å². The Bertz CT molecular complexity index is 918. The number of benzene rings is 1. The molecule has 2 aromatic rings. The molecule has 0 bridgehead atoms. The first-order valence-electron chi connectivity index (χ1n) is 8.10. The van der Waals surface area contributed by atoms with Crippen LogP contribution in [0.5, 0.6) is 11.5 Å². The fourth-order valence-electron chi connectivity index (χ4n) is 2.09. The Hall–Kier alpha value is -2.20. The molecular weight excluding hydrogens is 410 g/mol. The normalized spacial score (nSPS) is 11.2. The van der Waals surface area contributed by atoms with Gasteiger partial charge in [0, 0.05) is 37.4 Å². The molecule has 28 heavy (non-hydrogen) atoms. The number of aromatic nitrogens is 1. The molecule has 0 saturated heterocycles. The molecule has 2 rings (SSSR count). The van der Waals surface area contributed by atoms with Crippen LogP contribution in [0, 0.1) is 0 Å². The van der Waals surface area contributed by atoms with Crippen LogP contribution in [0.25, 0.3) is 0 Å². The minimum absolute atomic E-state index is 0.00259. The number of methoxy groups -OCH3 is 1. The van der Waals surface area contributed by atoms with Gasteiger partial charge >= 0.3 is 0 Å². The van der Waals surface area contributed by atoms with E-state index in [2.05, 4.69) is 4.98 Å². The molecule has 1 aromatic heterocycles. The second kappa shape index (κ2) is 10.4. The highest BCUT2D eigenvalue weighted by molar-refractivity contribution is 7.90. The Kier molecular flexibility index (Phi) is 8.18. The van der Waals surface area contributed by atoms with Crippen LogP contribution in [0.3, 0.4) is 0 Å². The summed E-state index contributed by atoms with van der Waals surface area (Å²) in [6.07, 6.45) is 4.43. The molecule has 0 fully saturated rings. The zero-order valence-corrected chi connectivity index (χ0v) is 17.0. The van der Waals surface area contributed by atoms with E-state index >= 15 is 0 Å². The number of nitrogens with zero attached hydrogens (tertiary/aromatic N) is 1. The van der Waals surface area contributed by atoms with E-state index < -0.39 is 9.84 Å². The second-order valence-corrected chi connectivity index (χ2v) is 8.11. The molecular formula is C18H20ClNO7S. The van der Waals surface area contributed by atoms with Gasteiger partial charge in [0.25, 0.3) is 0 Å². The first-order valence-corrected chi connectivity index (χ1v) is 10.4. The molecule has 1 aromatic carbocycles. The second-order valence-electron chi connectivity index (χ2n) is 5.69. The highest BCUT2D eigenvalue weighted by atomic mass is 35.5. The maximum absolute atomic E-state index is 11.6. The van der Waals surface area contributed by atoms with Crippen LogP contribution in [-0.4, -0.2) is 53.1 Å². The lowest BCUT2D eigenvalue weighted by atomic mass is 10.2. The van der Waals surface area contributed by atoms with E-state index in [1.54, 1.807) is 7.11 Å². The quantitative estimate of drug-likeness (QED) is 0.305. The maximum Gasteiger partial charge on any atom is 0.189 e. The molecule has 0 unspecified atom stereocenters. The van der Waals surface area contributed by atoms with Gasteiger partial charge in [0.15, 0.2) is 22.9 Å². The number of carbonyl (C=O) groups is 1. The van der Waals surface area contributed by atoms with Crippen molar-refractivity contribution < 1.29 is 32.2 Å². The summed E-state index contributed by atoms with van der Waals surface area (Å²) in [7, 11) is -1.83. The van der Waals surface area contributed by atoms with Gasteiger partial charge in [0.05, 0.1) is 28.7 Å². The van der Waals surface area contributed by atoms with Crippen LogP contribution in [0.2, 0.25) is 5.02 Å². The number of hydrogen-bond acceptors (Lipinski definition) is 8. The monoisotopic (exact) mass is 429 g/mol. The lowest BCUT2D eigenvalue weighted by Crippen LogP contribution is -2.08. The molecule has 0 aliphatic heterocycles. The van der Waals surface area contributed by atoms with Gasteiger partial charge in [-0.2, -0.15) is 0 Å². The van der Waals surface area contributed by atoms with Crippen LogP contribution in [-0.2, 0) is 25.9 Å². The molecule has 1 heterocycles. The summed E-state index contributed by atoms with van der Waals surface area (Å²) in [5.41, 5.74) is 0.755. The summed E-state index contributed by atoms with van der Waals surface area (Å²) in [6.45, 7) is 0.732. The minimum atomic E-state index is -3.39. The standard InChI is InChI=1S/C18H20ClNO7S/c1-24-3-4-25-12-27-18-7-17(14(10-21)6-16(18)19)26-11-13-5-15(9-20-8-13)28(2,22)23/h5-10H,3-4,11-12H2,1-2H3. The number of aldehydes is 1. The number of pyridine rings is 1. The van der Waals surface area contributed by atoms with Crippen LogP contribution >= 0.6 is 11.6 Å². The number of halogens is 1. The van der Waals surface area contributed by atoms with Crippen LogP contribution < -0.4 is 9.47 Å². The van der Waals surface area contributed by atoms with E-state index in [9.17, 15) is 13.2 Å². The summed E-state index contributed by atoms with van der Waals surface area (Å²) >= 11 is 6.11. The highest BCUT2D eigenvalue weighted by Gasteiger charge is 2.13. The van der Waals surface area contributed by atoms with Crippen LogP contribution in [0.15, 0.2) is 35.5 Å². The predicted octanol–water partition coefficient (Wildman–Crippen LogP) is 2.53. The Balaban J connectivity index is 2.11. The van der Waals surface area contributed by atoms with E-state index in [0.717, 1.165) is 6.26 Å². The van der Waals surface area contributed by atoms with Crippen molar-refractivity contribution in [1.82, 2.24) is 4.98 Å². The summed E-state index contributed by atoms with van der Waals surface area (Å²) in [6, 6.07) is 4.35. The van der Waals surface area contributed by atoms with Gasteiger partial charge in [-0.1, -0.05) is 11.6 Å². The minimum Gasteiger partial charge on any atom is -0.488 e. The first kappa shape index (κ1) is 22.1. The molecule has 0 saturated carbocycles. The van der Waals surface area contributed by atoms with Gasteiger partial charge in [-0.3, -0.25) is 9.78 Å². The third-order valence-corrected chi connectivity index (χ3v) is 4.89. The average molecular weight is 430 g/mol. The van der Waals surface area contributed by atoms with Crippen molar-refractivity contribution in [3.8, 4) is 11.5 Å². The summed E-state index contributed by atoms with van der Waals surface area (Å²) in [4.78, 5) is 15.3. The molecule has 0 aliphatic rings. The predicted molar refractivity (Wildman–Crippen MR) is 102 cm³/mol. The fraction of sp³-hybridized carbons (Fsp3) is 0.333. The summed E-state index contributed by atoms with van der Waals surface area (Å²) in [5, 5.41) is 0.227. The van der Waals surface area contributed by atoms with Crippen molar-refractivity contribution >= 4 is 27.7 Å². The molecule has 8 nitrogen and oxygen atoms in total. The molecule has 10 heteroatoms.